The molecule has 0 fully saturated rings. The van der Waals surface area contributed by atoms with E-state index in [1.54, 1.807) is 18.5 Å². The van der Waals surface area contributed by atoms with Gasteiger partial charge >= 0.3 is 0 Å². The molecule has 164 valence electrons. The average molecular weight is 433 g/mol. The lowest BCUT2D eigenvalue weighted by Gasteiger charge is -2.16. The van der Waals surface area contributed by atoms with Gasteiger partial charge < -0.3 is 15.4 Å². The second kappa shape index (κ2) is 9.60. The first kappa shape index (κ1) is 21.5. The Morgan fingerprint density at radius 3 is 2.59 bits per heavy atom. The molecule has 0 saturated carbocycles. The van der Waals surface area contributed by atoms with Gasteiger partial charge in [0.1, 0.15) is 18.5 Å². The van der Waals surface area contributed by atoms with Crippen molar-refractivity contribution in [1.29, 1.82) is 0 Å². The van der Waals surface area contributed by atoms with Crippen molar-refractivity contribution in [2.75, 3.05) is 20.3 Å². The Kier molecular flexibility index (Phi) is 6.44. The number of fused-ring (bicyclic) bond motifs is 1. The number of rotatable bonds is 7. The summed E-state index contributed by atoms with van der Waals surface area (Å²) in [7, 11) is 1.51. The summed E-state index contributed by atoms with van der Waals surface area (Å²) in [5.41, 5.74) is 3.07. The molecule has 7 heteroatoms. The summed E-state index contributed by atoms with van der Waals surface area (Å²) >= 11 is 0. The zero-order chi connectivity index (χ0) is 22.5. The predicted octanol–water partition coefficient (Wildman–Crippen LogP) is 3.28. The fraction of sp³-hybridized carbons (Fsp3) is 0.240. The Balaban J connectivity index is 1.66. The van der Waals surface area contributed by atoms with Crippen LogP contribution in [0.25, 0.3) is 0 Å². The molecular weight excluding hydrogens is 409 g/mol. The SMILES string of the molecule is CNC(=O)c1cc(C(=O)NCCc2cccnc2)cc2c1O[C@@H](CF)[C@@H]2c1ccccc1. The number of hydrogen-bond donors (Lipinski definition) is 2. The third-order valence-electron chi connectivity index (χ3n) is 5.56. The number of alkyl halides is 1. The van der Waals surface area contributed by atoms with Crippen LogP contribution in [0, 0.1) is 0 Å². The number of carbonyl (C=O) groups is 2. The highest BCUT2D eigenvalue weighted by atomic mass is 19.1. The van der Waals surface area contributed by atoms with Crippen molar-refractivity contribution in [3.8, 4) is 5.75 Å². The largest absolute Gasteiger partial charge is 0.486 e. The molecule has 3 aromatic rings. The van der Waals surface area contributed by atoms with Crippen molar-refractivity contribution >= 4 is 11.8 Å². The van der Waals surface area contributed by atoms with E-state index in [4.69, 9.17) is 4.74 Å². The molecule has 0 aliphatic carbocycles. The molecule has 0 radical (unpaired) electrons. The Hall–Kier alpha value is -3.74. The van der Waals surface area contributed by atoms with Crippen LogP contribution in [0.1, 0.15) is 43.3 Å². The minimum atomic E-state index is -0.764. The number of aromatic nitrogens is 1. The van der Waals surface area contributed by atoms with Crippen LogP contribution in [0.4, 0.5) is 4.39 Å². The number of benzene rings is 2. The van der Waals surface area contributed by atoms with Crippen LogP contribution in [-0.2, 0) is 6.42 Å². The van der Waals surface area contributed by atoms with Crippen LogP contribution in [0.2, 0.25) is 0 Å². The highest BCUT2D eigenvalue weighted by molar-refractivity contribution is 6.02. The first-order valence-electron chi connectivity index (χ1n) is 10.5. The van der Waals surface area contributed by atoms with Crippen molar-refractivity contribution in [1.82, 2.24) is 15.6 Å². The molecule has 1 aliphatic heterocycles. The van der Waals surface area contributed by atoms with Gasteiger partial charge in [-0.05, 0) is 35.7 Å². The van der Waals surface area contributed by atoms with E-state index in [0.29, 0.717) is 29.8 Å². The third kappa shape index (κ3) is 4.32. The summed E-state index contributed by atoms with van der Waals surface area (Å²) in [5.74, 6) is -0.787. The van der Waals surface area contributed by atoms with Crippen LogP contribution in [0.15, 0.2) is 67.0 Å². The number of hydrogen-bond acceptors (Lipinski definition) is 4. The standard InChI is InChI=1S/C25H24FN3O3/c1-27-25(31)20-13-18(24(30)29-11-9-16-6-5-10-28-15-16)12-19-22(17-7-3-2-4-8-17)21(14-26)32-23(19)20/h2-8,10,12-13,15,21-22H,9,11,14H2,1H3,(H,27,31)(H,29,30)/t21-,22+/m0/s1. The van der Waals surface area contributed by atoms with Gasteiger partial charge in [0.15, 0.2) is 0 Å². The van der Waals surface area contributed by atoms with Crippen molar-refractivity contribution in [2.45, 2.75) is 18.4 Å². The smallest absolute Gasteiger partial charge is 0.254 e. The molecule has 4 rings (SSSR count). The minimum absolute atomic E-state index is 0.222. The lowest BCUT2D eigenvalue weighted by atomic mass is 9.86. The molecule has 2 heterocycles. The van der Waals surface area contributed by atoms with E-state index in [1.165, 1.54) is 13.1 Å². The van der Waals surface area contributed by atoms with Crippen LogP contribution in [0.3, 0.4) is 0 Å². The molecule has 6 nitrogen and oxygen atoms in total. The molecule has 0 unspecified atom stereocenters. The number of pyridine rings is 1. The van der Waals surface area contributed by atoms with Gasteiger partial charge in [0.25, 0.3) is 11.8 Å². The highest BCUT2D eigenvalue weighted by Gasteiger charge is 2.39. The van der Waals surface area contributed by atoms with Gasteiger partial charge in [0, 0.05) is 37.1 Å². The zero-order valence-electron chi connectivity index (χ0n) is 17.7. The molecule has 2 aromatic carbocycles. The van der Waals surface area contributed by atoms with Crippen molar-refractivity contribution in [3.63, 3.8) is 0 Å². The van der Waals surface area contributed by atoms with Crippen LogP contribution in [0.5, 0.6) is 5.75 Å². The van der Waals surface area contributed by atoms with E-state index < -0.39 is 24.6 Å². The summed E-state index contributed by atoms with van der Waals surface area (Å²) < 4.78 is 19.8. The average Bonchev–Trinajstić information content (AvgIpc) is 3.22. The molecule has 2 amide bonds. The summed E-state index contributed by atoms with van der Waals surface area (Å²) in [6.07, 6.45) is 3.32. The fourth-order valence-electron chi connectivity index (χ4n) is 4.01. The summed E-state index contributed by atoms with van der Waals surface area (Å²) in [6.45, 7) is -0.295. The number of halogens is 1. The first-order chi connectivity index (χ1) is 15.6. The van der Waals surface area contributed by atoms with Crippen molar-refractivity contribution in [2.24, 2.45) is 0 Å². The van der Waals surface area contributed by atoms with E-state index in [-0.39, 0.29) is 11.5 Å². The molecule has 32 heavy (non-hydrogen) atoms. The quantitative estimate of drug-likeness (QED) is 0.599. The van der Waals surface area contributed by atoms with Gasteiger partial charge in [-0.3, -0.25) is 14.6 Å². The van der Waals surface area contributed by atoms with Gasteiger partial charge in [-0.25, -0.2) is 4.39 Å². The Labute approximate surface area is 185 Å². The van der Waals surface area contributed by atoms with Gasteiger partial charge in [0.05, 0.1) is 11.5 Å². The van der Waals surface area contributed by atoms with Crippen LogP contribution < -0.4 is 15.4 Å². The summed E-state index contributed by atoms with van der Waals surface area (Å²) in [4.78, 5) is 29.6. The fourth-order valence-corrected chi connectivity index (χ4v) is 4.01. The lowest BCUT2D eigenvalue weighted by Crippen LogP contribution is -2.27. The van der Waals surface area contributed by atoms with Crippen molar-refractivity contribution < 1.29 is 18.7 Å². The molecular formula is C25H24FN3O3. The van der Waals surface area contributed by atoms with E-state index in [2.05, 4.69) is 15.6 Å². The monoisotopic (exact) mass is 433 g/mol. The zero-order valence-corrected chi connectivity index (χ0v) is 17.7. The van der Waals surface area contributed by atoms with Crippen LogP contribution >= 0.6 is 0 Å². The molecule has 0 bridgehead atoms. The van der Waals surface area contributed by atoms with E-state index in [9.17, 15) is 14.0 Å². The van der Waals surface area contributed by atoms with Gasteiger partial charge in [-0.15, -0.1) is 0 Å². The van der Waals surface area contributed by atoms with Crippen molar-refractivity contribution in [3.05, 3.63) is 94.8 Å². The number of carbonyl (C=O) groups excluding carboxylic acids is 2. The predicted molar refractivity (Wildman–Crippen MR) is 119 cm³/mol. The van der Waals surface area contributed by atoms with E-state index in [0.717, 1.165) is 11.1 Å². The Bertz CT molecular complexity index is 1110. The molecule has 2 atom stereocenters. The molecule has 1 aromatic heterocycles. The molecule has 2 N–H and O–H groups in total. The number of amides is 2. The van der Waals surface area contributed by atoms with Gasteiger partial charge in [-0.1, -0.05) is 36.4 Å². The van der Waals surface area contributed by atoms with Gasteiger partial charge in [0.2, 0.25) is 0 Å². The van der Waals surface area contributed by atoms with E-state index in [1.807, 2.05) is 42.5 Å². The van der Waals surface area contributed by atoms with Crippen LogP contribution in [-0.4, -0.2) is 43.2 Å². The highest BCUT2D eigenvalue weighted by Crippen LogP contribution is 2.45. The normalized spacial score (nSPS) is 16.7. The summed E-state index contributed by atoms with van der Waals surface area (Å²) in [6, 6.07) is 16.4. The second-order valence-electron chi connectivity index (χ2n) is 7.59. The minimum Gasteiger partial charge on any atom is -0.486 e. The van der Waals surface area contributed by atoms with Gasteiger partial charge in [-0.2, -0.15) is 0 Å². The number of ether oxygens (including phenoxy) is 1. The maximum absolute atomic E-state index is 13.9. The molecule has 1 aliphatic rings. The molecule has 0 spiro atoms. The summed E-state index contributed by atoms with van der Waals surface area (Å²) in [5, 5.41) is 5.47. The Morgan fingerprint density at radius 1 is 1.09 bits per heavy atom. The number of nitrogens with zero attached hydrogens (tertiary/aromatic N) is 1. The third-order valence-corrected chi connectivity index (χ3v) is 5.56. The maximum atomic E-state index is 13.9. The van der Waals surface area contributed by atoms with E-state index >= 15 is 0 Å². The maximum Gasteiger partial charge on any atom is 0.254 e. The topological polar surface area (TPSA) is 80.3 Å². The second-order valence-corrected chi connectivity index (χ2v) is 7.59. The lowest BCUT2D eigenvalue weighted by molar-refractivity contribution is 0.0954. The molecule has 0 saturated heterocycles. The Morgan fingerprint density at radius 2 is 1.91 bits per heavy atom. The first-order valence-corrected chi connectivity index (χ1v) is 10.5. The number of nitrogens with one attached hydrogen (secondary N) is 2.